The van der Waals surface area contributed by atoms with E-state index in [4.69, 9.17) is 14.8 Å². The van der Waals surface area contributed by atoms with Gasteiger partial charge in [-0.25, -0.2) is 9.37 Å². The fourth-order valence-electron chi connectivity index (χ4n) is 3.78. The largest absolute Gasteiger partial charge is 0.491 e. The van der Waals surface area contributed by atoms with Crippen LogP contribution in [-0.2, 0) is 0 Å². The molecule has 0 aliphatic carbocycles. The Morgan fingerprint density at radius 2 is 1.83 bits per heavy atom. The molecule has 0 bridgehead atoms. The summed E-state index contributed by atoms with van der Waals surface area (Å²) in [5.74, 6) is 1.18. The fourth-order valence-corrected chi connectivity index (χ4v) is 3.78. The second kappa shape index (κ2) is 8.76. The lowest BCUT2D eigenvalue weighted by Gasteiger charge is -2.35. The van der Waals surface area contributed by atoms with Crippen LogP contribution in [0.25, 0.3) is 22.0 Å². The Labute approximate surface area is 170 Å². The molecule has 0 amide bonds. The molecule has 4 rings (SSSR count). The maximum Gasteiger partial charge on any atom is 0.140 e. The lowest BCUT2D eigenvalue weighted by molar-refractivity contribution is 0.201. The van der Waals surface area contributed by atoms with Crippen LogP contribution in [0.4, 0.5) is 10.2 Å². The summed E-state index contributed by atoms with van der Waals surface area (Å²) in [5, 5.41) is 10.3. The zero-order valence-corrected chi connectivity index (χ0v) is 16.6. The summed E-state index contributed by atoms with van der Waals surface area (Å²) in [6, 6.07) is 14.7. The number of nitrogens with zero attached hydrogens (tertiary/aromatic N) is 3. The third-order valence-corrected chi connectivity index (χ3v) is 5.42. The van der Waals surface area contributed by atoms with Gasteiger partial charge in [-0.2, -0.15) is 0 Å². The van der Waals surface area contributed by atoms with Gasteiger partial charge in [-0.3, -0.25) is 0 Å². The number of aliphatic hydroxyl groups is 1. The molecule has 6 heteroatoms. The zero-order chi connectivity index (χ0) is 20.2. The average Bonchev–Trinajstić information content (AvgIpc) is 2.77. The summed E-state index contributed by atoms with van der Waals surface area (Å²) in [6.07, 6.45) is 0. The smallest absolute Gasteiger partial charge is 0.140 e. The van der Waals surface area contributed by atoms with Gasteiger partial charge in [-0.05, 0) is 48.3 Å². The Bertz CT molecular complexity index is 970. The maximum absolute atomic E-state index is 14.7. The molecule has 0 unspecified atom stereocenters. The van der Waals surface area contributed by atoms with Gasteiger partial charge in [0.2, 0.25) is 0 Å². The topological polar surface area (TPSA) is 48.8 Å². The molecule has 0 saturated carbocycles. The first-order valence-electron chi connectivity index (χ1n) is 10.1. The number of ether oxygens (including phenoxy) is 1. The molecular weight excluding hydrogens is 369 g/mol. The van der Waals surface area contributed by atoms with Crippen molar-refractivity contribution < 1.29 is 14.2 Å². The molecule has 1 aliphatic rings. The molecule has 1 N–H and O–H groups in total. The van der Waals surface area contributed by atoms with E-state index in [0.717, 1.165) is 49.4 Å². The van der Waals surface area contributed by atoms with Crippen LogP contribution in [0.2, 0.25) is 0 Å². The molecule has 0 atom stereocenters. The first kappa shape index (κ1) is 19.6. The number of benzene rings is 2. The molecule has 1 aliphatic heterocycles. The normalized spacial score (nSPS) is 15.1. The summed E-state index contributed by atoms with van der Waals surface area (Å²) in [7, 11) is 0. The first-order chi connectivity index (χ1) is 14.2. The van der Waals surface area contributed by atoms with Gasteiger partial charge in [0, 0.05) is 31.7 Å². The van der Waals surface area contributed by atoms with Crippen molar-refractivity contribution >= 4 is 16.6 Å². The van der Waals surface area contributed by atoms with Crippen LogP contribution in [0.3, 0.4) is 0 Å². The molecule has 2 heterocycles. The number of hydrogen-bond acceptors (Lipinski definition) is 5. The molecule has 152 valence electrons. The van der Waals surface area contributed by atoms with Crippen LogP contribution in [-0.4, -0.2) is 60.9 Å². The van der Waals surface area contributed by atoms with Gasteiger partial charge in [0.1, 0.15) is 24.0 Å². The van der Waals surface area contributed by atoms with Crippen molar-refractivity contribution in [2.75, 3.05) is 50.8 Å². The third-order valence-electron chi connectivity index (χ3n) is 5.42. The molecule has 0 spiro atoms. The Balaban J connectivity index is 1.72. The number of piperazine rings is 1. The number of pyridine rings is 1. The van der Waals surface area contributed by atoms with Gasteiger partial charge in [0.05, 0.1) is 17.7 Å². The SMILES string of the molecule is CCN1CCN(c2nc(-c3ccc(OCCO)cc3)cc3cccc(F)c23)CC1. The summed E-state index contributed by atoms with van der Waals surface area (Å²) in [4.78, 5) is 9.47. The minimum Gasteiger partial charge on any atom is -0.491 e. The molecular formula is C23H26FN3O2. The molecule has 1 saturated heterocycles. The molecule has 1 fully saturated rings. The van der Waals surface area contributed by atoms with Crippen molar-refractivity contribution in [2.24, 2.45) is 0 Å². The minimum atomic E-state index is -0.234. The molecule has 5 nitrogen and oxygen atoms in total. The van der Waals surface area contributed by atoms with Gasteiger partial charge >= 0.3 is 0 Å². The van der Waals surface area contributed by atoms with E-state index in [-0.39, 0.29) is 19.0 Å². The molecule has 3 aromatic rings. The number of anilines is 1. The number of rotatable bonds is 6. The van der Waals surface area contributed by atoms with Crippen LogP contribution in [0.15, 0.2) is 48.5 Å². The number of fused-ring (bicyclic) bond motifs is 1. The molecule has 2 aromatic carbocycles. The number of likely N-dealkylation sites (N-methyl/N-ethyl adjacent to an activating group) is 1. The van der Waals surface area contributed by atoms with Gasteiger partial charge in [-0.15, -0.1) is 0 Å². The summed E-state index contributed by atoms with van der Waals surface area (Å²) in [5.41, 5.74) is 1.76. The van der Waals surface area contributed by atoms with Crippen molar-refractivity contribution in [3.8, 4) is 17.0 Å². The highest BCUT2D eigenvalue weighted by atomic mass is 19.1. The standard InChI is InChI=1S/C23H26FN3O2/c1-2-26-10-12-27(13-11-26)23-22-18(4-3-5-20(22)24)16-21(25-23)17-6-8-19(9-7-17)29-15-14-28/h3-9,16,28H,2,10-15H2,1H3. The molecule has 29 heavy (non-hydrogen) atoms. The average molecular weight is 395 g/mol. The van der Waals surface area contributed by atoms with Crippen molar-refractivity contribution in [2.45, 2.75) is 6.92 Å². The maximum atomic E-state index is 14.7. The fraction of sp³-hybridized carbons (Fsp3) is 0.348. The molecule has 1 aromatic heterocycles. The second-order valence-electron chi connectivity index (χ2n) is 7.19. The van der Waals surface area contributed by atoms with Crippen molar-refractivity contribution in [1.82, 2.24) is 9.88 Å². The summed E-state index contributed by atoms with van der Waals surface area (Å²) in [6.45, 7) is 7.02. The Morgan fingerprint density at radius 3 is 2.52 bits per heavy atom. The Kier molecular flexibility index (Phi) is 5.92. The van der Waals surface area contributed by atoms with E-state index < -0.39 is 0 Å². The predicted molar refractivity (Wildman–Crippen MR) is 114 cm³/mol. The quantitative estimate of drug-likeness (QED) is 0.692. The summed E-state index contributed by atoms with van der Waals surface area (Å²) >= 11 is 0. The Morgan fingerprint density at radius 1 is 1.07 bits per heavy atom. The first-order valence-corrected chi connectivity index (χ1v) is 10.1. The highest BCUT2D eigenvalue weighted by Crippen LogP contribution is 2.33. The highest BCUT2D eigenvalue weighted by Gasteiger charge is 2.21. The lowest BCUT2D eigenvalue weighted by Crippen LogP contribution is -2.46. The van der Waals surface area contributed by atoms with E-state index in [1.54, 1.807) is 6.07 Å². The van der Waals surface area contributed by atoms with E-state index in [9.17, 15) is 4.39 Å². The highest BCUT2D eigenvalue weighted by molar-refractivity contribution is 5.95. The monoisotopic (exact) mass is 395 g/mol. The zero-order valence-electron chi connectivity index (χ0n) is 16.6. The van der Waals surface area contributed by atoms with Crippen molar-refractivity contribution in [3.63, 3.8) is 0 Å². The van der Waals surface area contributed by atoms with Gasteiger partial charge in [0.25, 0.3) is 0 Å². The summed E-state index contributed by atoms with van der Waals surface area (Å²) < 4.78 is 20.2. The lowest BCUT2D eigenvalue weighted by atomic mass is 10.1. The Hall–Kier alpha value is -2.70. The van der Waals surface area contributed by atoms with Crippen LogP contribution in [0.1, 0.15) is 6.92 Å². The minimum absolute atomic E-state index is 0.0196. The van der Waals surface area contributed by atoms with Crippen molar-refractivity contribution in [1.29, 1.82) is 0 Å². The second-order valence-corrected chi connectivity index (χ2v) is 7.19. The van der Waals surface area contributed by atoms with Gasteiger partial charge in [-0.1, -0.05) is 19.1 Å². The van der Waals surface area contributed by atoms with Crippen molar-refractivity contribution in [3.05, 3.63) is 54.3 Å². The number of aliphatic hydroxyl groups excluding tert-OH is 1. The van der Waals surface area contributed by atoms with Crippen LogP contribution in [0, 0.1) is 5.82 Å². The number of hydrogen-bond donors (Lipinski definition) is 1. The third kappa shape index (κ3) is 4.18. The number of halogens is 1. The predicted octanol–water partition coefficient (Wildman–Crippen LogP) is 3.55. The van der Waals surface area contributed by atoms with Gasteiger partial charge in [0.15, 0.2) is 0 Å². The van der Waals surface area contributed by atoms with Crippen LogP contribution in [0.5, 0.6) is 5.75 Å². The molecule has 0 radical (unpaired) electrons. The van der Waals surface area contributed by atoms with Gasteiger partial charge < -0.3 is 19.6 Å². The van der Waals surface area contributed by atoms with E-state index in [1.165, 1.54) is 6.07 Å². The van der Waals surface area contributed by atoms with E-state index in [0.29, 0.717) is 17.0 Å². The van der Waals surface area contributed by atoms with E-state index in [2.05, 4.69) is 16.7 Å². The number of aromatic nitrogens is 1. The van der Waals surface area contributed by atoms with Crippen LogP contribution >= 0.6 is 0 Å². The van der Waals surface area contributed by atoms with Crippen LogP contribution < -0.4 is 9.64 Å². The van der Waals surface area contributed by atoms with E-state index >= 15 is 0 Å². The van der Waals surface area contributed by atoms with E-state index in [1.807, 2.05) is 36.4 Å².